The second-order valence-electron chi connectivity index (χ2n) is 5.72. The van der Waals surface area contributed by atoms with E-state index in [1.54, 1.807) is 18.3 Å². The topological polar surface area (TPSA) is 92.1 Å². The van der Waals surface area contributed by atoms with Crippen LogP contribution in [0.15, 0.2) is 33.1 Å². The number of aromatic amines is 1. The number of sulfonamides is 1. The highest BCUT2D eigenvalue weighted by Crippen LogP contribution is 2.28. The molecule has 0 aromatic carbocycles. The van der Waals surface area contributed by atoms with Crippen molar-refractivity contribution >= 4 is 21.4 Å². The van der Waals surface area contributed by atoms with Gasteiger partial charge in [0.2, 0.25) is 10.0 Å². The Morgan fingerprint density at radius 3 is 3.04 bits per heavy atom. The zero-order valence-electron chi connectivity index (χ0n) is 13.0. The average Bonchev–Trinajstić information content (AvgIpc) is 3.29. The van der Waals surface area contributed by atoms with Gasteiger partial charge in [-0.1, -0.05) is 11.2 Å². The van der Waals surface area contributed by atoms with Crippen LogP contribution < -0.4 is 0 Å². The third-order valence-corrected chi connectivity index (χ3v) is 7.05. The minimum atomic E-state index is -3.61. The van der Waals surface area contributed by atoms with Gasteiger partial charge in [-0.2, -0.15) is 9.40 Å². The van der Waals surface area contributed by atoms with Crippen LogP contribution in [-0.4, -0.2) is 34.6 Å². The standard InChI is InChI=1S/C15H16N4O3S2/c1-10-15(8-16-22-10)24(20,21)19-5-4-13-12(9-19)14(18-17-13)7-11-3-2-6-23-11/h2-3,6,8H,4-5,7,9H2,1H3,(H,17,18). The summed E-state index contributed by atoms with van der Waals surface area (Å²) in [4.78, 5) is 1.34. The highest BCUT2D eigenvalue weighted by Gasteiger charge is 2.33. The van der Waals surface area contributed by atoms with Crippen LogP contribution in [0.25, 0.3) is 0 Å². The number of fused-ring (bicyclic) bond motifs is 1. The smallest absolute Gasteiger partial charge is 0.248 e. The number of nitrogens with one attached hydrogen (secondary N) is 1. The fourth-order valence-electron chi connectivity index (χ4n) is 2.94. The molecule has 0 atom stereocenters. The predicted molar refractivity (Wildman–Crippen MR) is 88.3 cm³/mol. The quantitative estimate of drug-likeness (QED) is 0.765. The van der Waals surface area contributed by atoms with Crippen molar-refractivity contribution in [1.29, 1.82) is 0 Å². The molecule has 1 N–H and O–H groups in total. The van der Waals surface area contributed by atoms with Crippen molar-refractivity contribution in [3.05, 3.63) is 51.3 Å². The summed E-state index contributed by atoms with van der Waals surface area (Å²) in [5.41, 5.74) is 2.91. The van der Waals surface area contributed by atoms with Gasteiger partial charge >= 0.3 is 0 Å². The minimum absolute atomic E-state index is 0.134. The molecule has 0 spiro atoms. The van der Waals surface area contributed by atoms with Gasteiger partial charge in [0.05, 0.1) is 11.9 Å². The second-order valence-corrected chi connectivity index (χ2v) is 8.66. The van der Waals surface area contributed by atoms with Gasteiger partial charge in [0.15, 0.2) is 5.76 Å². The molecule has 3 aromatic heterocycles. The normalized spacial score (nSPS) is 15.5. The molecule has 1 aliphatic rings. The summed E-state index contributed by atoms with van der Waals surface area (Å²) in [6.45, 7) is 2.34. The van der Waals surface area contributed by atoms with E-state index in [1.165, 1.54) is 15.4 Å². The third kappa shape index (κ3) is 2.58. The molecule has 0 saturated heterocycles. The molecule has 24 heavy (non-hydrogen) atoms. The molecule has 0 aliphatic carbocycles. The van der Waals surface area contributed by atoms with Crippen molar-refractivity contribution in [3.63, 3.8) is 0 Å². The molecular formula is C15H16N4O3S2. The SMILES string of the molecule is Cc1oncc1S(=O)(=O)N1CCc2[nH]nc(Cc3cccs3)c2C1. The van der Waals surface area contributed by atoms with Crippen molar-refractivity contribution in [3.8, 4) is 0 Å². The van der Waals surface area contributed by atoms with Crippen molar-refractivity contribution in [2.75, 3.05) is 6.54 Å². The molecule has 4 heterocycles. The first-order valence-electron chi connectivity index (χ1n) is 7.54. The molecule has 3 aromatic rings. The van der Waals surface area contributed by atoms with E-state index in [1.807, 2.05) is 11.4 Å². The fraction of sp³-hybridized carbons (Fsp3) is 0.333. The zero-order chi connectivity index (χ0) is 16.7. The van der Waals surface area contributed by atoms with Crippen molar-refractivity contribution < 1.29 is 12.9 Å². The number of hydrogen-bond donors (Lipinski definition) is 1. The molecule has 0 fully saturated rings. The Morgan fingerprint density at radius 1 is 1.46 bits per heavy atom. The number of hydrogen-bond acceptors (Lipinski definition) is 6. The molecule has 0 unspecified atom stereocenters. The molecule has 9 heteroatoms. The summed E-state index contributed by atoms with van der Waals surface area (Å²) in [6.07, 6.45) is 2.60. The van der Waals surface area contributed by atoms with E-state index < -0.39 is 10.0 Å². The summed E-state index contributed by atoms with van der Waals surface area (Å²) in [6, 6.07) is 4.06. The summed E-state index contributed by atoms with van der Waals surface area (Å²) in [5.74, 6) is 0.312. The lowest BCUT2D eigenvalue weighted by molar-refractivity contribution is 0.381. The Morgan fingerprint density at radius 2 is 2.33 bits per heavy atom. The number of aryl methyl sites for hydroxylation is 1. The number of aromatic nitrogens is 3. The largest absolute Gasteiger partial charge is 0.360 e. The lowest BCUT2D eigenvalue weighted by atomic mass is 10.1. The van der Waals surface area contributed by atoms with E-state index >= 15 is 0 Å². The van der Waals surface area contributed by atoms with Crippen LogP contribution in [0.1, 0.15) is 27.6 Å². The van der Waals surface area contributed by atoms with Gasteiger partial charge in [-0.25, -0.2) is 8.42 Å². The lowest BCUT2D eigenvalue weighted by Gasteiger charge is -2.26. The number of nitrogens with zero attached hydrogens (tertiary/aromatic N) is 3. The Balaban J connectivity index is 1.64. The van der Waals surface area contributed by atoms with Crippen LogP contribution >= 0.6 is 11.3 Å². The van der Waals surface area contributed by atoms with E-state index in [-0.39, 0.29) is 4.90 Å². The van der Waals surface area contributed by atoms with E-state index in [9.17, 15) is 8.42 Å². The van der Waals surface area contributed by atoms with Crippen LogP contribution in [0, 0.1) is 6.92 Å². The number of H-pyrrole nitrogens is 1. The van der Waals surface area contributed by atoms with E-state index in [0.29, 0.717) is 31.7 Å². The molecule has 7 nitrogen and oxygen atoms in total. The van der Waals surface area contributed by atoms with Crippen molar-refractivity contribution in [2.45, 2.75) is 31.2 Å². The van der Waals surface area contributed by atoms with Gasteiger partial charge < -0.3 is 4.52 Å². The molecule has 1 aliphatic heterocycles. The van der Waals surface area contributed by atoms with Gasteiger partial charge in [0.1, 0.15) is 4.90 Å². The third-order valence-electron chi connectivity index (χ3n) is 4.23. The van der Waals surface area contributed by atoms with Crippen LogP contribution in [0.4, 0.5) is 0 Å². The maximum atomic E-state index is 12.8. The van der Waals surface area contributed by atoms with E-state index in [4.69, 9.17) is 4.52 Å². The summed E-state index contributed by atoms with van der Waals surface area (Å²) < 4.78 is 32.0. The van der Waals surface area contributed by atoms with E-state index in [0.717, 1.165) is 17.0 Å². The monoisotopic (exact) mass is 364 g/mol. The highest BCUT2D eigenvalue weighted by molar-refractivity contribution is 7.89. The second kappa shape index (κ2) is 5.83. The molecule has 0 bridgehead atoms. The average molecular weight is 364 g/mol. The van der Waals surface area contributed by atoms with Gasteiger partial charge in [-0.3, -0.25) is 5.10 Å². The summed E-state index contributed by atoms with van der Waals surface area (Å²) >= 11 is 1.67. The summed E-state index contributed by atoms with van der Waals surface area (Å²) in [7, 11) is -3.61. The van der Waals surface area contributed by atoms with Gasteiger partial charge in [-0.05, 0) is 18.4 Å². The van der Waals surface area contributed by atoms with Crippen LogP contribution in [0.5, 0.6) is 0 Å². The zero-order valence-corrected chi connectivity index (χ0v) is 14.7. The first-order chi connectivity index (χ1) is 11.6. The molecule has 0 saturated carbocycles. The van der Waals surface area contributed by atoms with Crippen molar-refractivity contribution in [1.82, 2.24) is 19.7 Å². The Bertz CT molecular complexity index is 957. The fourth-order valence-corrected chi connectivity index (χ4v) is 5.13. The Labute approximate surface area is 143 Å². The maximum absolute atomic E-state index is 12.8. The molecule has 126 valence electrons. The molecular weight excluding hydrogens is 348 g/mol. The van der Waals surface area contributed by atoms with Crippen LogP contribution in [-0.2, 0) is 29.4 Å². The maximum Gasteiger partial charge on any atom is 0.248 e. The van der Waals surface area contributed by atoms with Gasteiger partial charge in [-0.15, -0.1) is 11.3 Å². The first-order valence-corrected chi connectivity index (χ1v) is 9.86. The molecule has 0 amide bonds. The van der Waals surface area contributed by atoms with Gasteiger partial charge in [0.25, 0.3) is 0 Å². The highest BCUT2D eigenvalue weighted by atomic mass is 32.2. The van der Waals surface area contributed by atoms with Crippen molar-refractivity contribution in [2.24, 2.45) is 0 Å². The Hall–Kier alpha value is -1.97. The number of thiophene rings is 1. The molecule has 4 rings (SSSR count). The number of rotatable bonds is 4. The van der Waals surface area contributed by atoms with E-state index in [2.05, 4.69) is 21.4 Å². The van der Waals surface area contributed by atoms with Gasteiger partial charge in [0, 0.05) is 42.1 Å². The lowest BCUT2D eigenvalue weighted by Crippen LogP contribution is -2.36. The Kier molecular flexibility index (Phi) is 3.78. The predicted octanol–water partition coefficient (Wildman–Crippen LogP) is 2.11. The first kappa shape index (κ1) is 15.6. The van der Waals surface area contributed by atoms with Crippen LogP contribution in [0.3, 0.4) is 0 Å². The minimum Gasteiger partial charge on any atom is -0.360 e. The summed E-state index contributed by atoms with van der Waals surface area (Å²) in [5, 5.41) is 13.1. The molecule has 0 radical (unpaired) electrons. The van der Waals surface area contributed by atoms with Crippen LogP contribution in [0.2, 0.25) is 0 Å².